The highest BCUT2D eigenvalue weighted by Crippen LogP contribution is 2.19. The van der Waals surface area contributed by atoms with Crippen LogP contribution in [0.5, 0.6) is 0 Å². The second-order valence-corrected chi connectivity index (χ2v) is 6.85. The number of rotatable bonds is 6. The Bertz CT molecular complexity index is 1050. The molecule has 9 nitrogen and oxygen atoms in total. The summed E-state index contributed by atoms with van der Waals surface area (Å²) in [5.74, 6) is -0.328. The Morgan fingerprint density at radius 2 is 1.88 bits per heavy atom. The highest BCUT2D eigenvalue weighted by atomic mass is 32.2. The van der Waals surface area contributed by atoms with Crippen LogP contribution in [0.2, 0.25) is 0 Å². The van der Waals surface area contributed by atoms with Crippen molar-refractivity contribution in [3.63, 3.8) is 0 Å². The number of non-ortho nitro benzene ring substituents is 1. The molecule has 0 fully saturated rings. The van der Waals surface area contributed by atoms with E-state index in [9.17, 15) is 22.9 Å². The summed E-state index contributed by atoms with van der Waals surface area (Å²) in [5, 5.41) is 18.2. The lowest BCUT2D eigenvalue weighted by molar-refractivity contribution is -0.385. The molecule has 0 atom stereocenters. The van der Waals surface area contributed by atoms with Crippen LogP contribution < -0.4 is 4.72 Å². The van der Waals surface area contributed by atoms with E-state index in [1.54, 1.807) is 0 Å². The number of sulfonamides is 1. The summed E-state index contributed by atoms with van der Waals surface area (Å²) in [4.78, 5) is 9.80. The van der Waals surface area contributed by atoms with Gasteiger partial charge in [-0.2, -0.15) is 0 Å². The Labute approximate surface area is 146 Å². The molecule has 0 aliphatic heterocycles. The minimum Gasteiger partial charge on any atom is -0.419 e. The average Bonchev–Trinajstić information content (AvgIpc) is 3.10. The molecular weight excluding hydrogens is 367 g/mol. The molecule has 0 spiro atoms. The van der Waals surface area contributed by atoms with E-state index in [1.165, 1.54) is 42.5 Å². The summed E-state index contributed by atoms with van der Waals surface area (Å²) >= 11 is 0. The standard InChI is InChI=1S/C15H11FN4O5S/c16-11-6-4-10(5-7-11)15-19-18-14(25-15)9-17-26(23,24)13-3-1-2-12(8-13)20(21)22/h1-8,17H,9H2. The summed E-state index contributed by atoms with van der Waals surface area (Å²) in [6.07, 6.45) is 0. The van der Waals surface area contributed by atoms with Crippen molar-refractivity contribution in [1.82, 2.24) is 14.9 Å². The van der Waals surface area contributed by atoms with Crippen LogP contribution in [-0.2, 0) is 16.6 Å². The second-order valence-electron chi connectivity index (χ2n) is 5.09. The quantitative estimate of drug-likeness (QED) is 0.514. The summed E-state index contributed by atoms with van der Waals surface area (Å²) in [6, 6.07) is 9.97. The predicted molar refractivity (Wildman–Crippen MR) is 86.8 cm³/mol. The van der Waals surface area contributed by atoms with Crippen molar-refractivity contribution in [2.45, 2.75) is 11.4 Å². The molecule has 0 bridgehead atoms. The number of nitrogens with zero attached hydrogens (tertiary/aromatic N) is 3. The first-order valence-electron chi connectivity index (χ1n) is 7.17. The molecule has 2 aromatic carbocycles. The molecule has 11 heteroatoms. The third kappa shape index (κ3) is 3.90. The SMILES string of the molecule is O=[N+]([O-])c1cccc(S(=O)(=O)NCc2nnc(-c3ccc(F)cc3)o2)c1. The molecule has 0 unspecified atom stereocenters. The Morgan fingerprint density at radius 3 is 2.58 bits per heavy atom. The van der Waals surface area contributed by atoms with Crippen molar-refractivity contribution in [3.05, 3.63) is 70.4 Å². The van der Waals surface area contributed by atoms with Gasteiger partial charge in [-0.1, -0.05) is 6.07 Å². The maximum atomic E-state index is 12.9. The lowest BCUT2D eigenvalue weighted by Gasteiger charge is -2.04. The van der Waals surface area contributed by atoms with Crippen molar-refractivity contribution in [1.29, 1.82) is 0 Å². The van der Waals surface area contributed by atoms with Gasteiger partial charge in [0.05, 0.1) is 16.4 Å². The van der Waals surface area contributed by atoms with Crippen molar-refractivity contribution in [3.8, 4) is 11.5 Å². The fraction of sp³-hybridized carbons (Fsp3) is 0.0667. The largest absolute Gasteiger partial charge is 0.419 e. The van der Waals surface area contributed by atoms with Gasteiger partial charge in [0.25, 0.3) is 5.69 Å². The molecule has 0 aliphatic carbocycles. The monoisotopic (exact) mass is 378 g/mol. The molecule has 0 saturated carbocycles. The number of benzene rings is 2. The summed E-state index contributed by atoms with van der Waals surface area (Å²) in [5.41, 5.74) is 0.135. The highest BCUT2D eigenvalue weighted by Gasteiger charge is 2.19. The second kappa shape index (κ2) is 6.98. The number of halogens is 1. The number of aromatic nitrogens is 2. The van der Waals surface area contributed by atoms with E-state index >= 15 is 0 Å². The molecular formula is C15H11FN4O5S. The van der Waals surface area contributed by atoms with E-state index in [0.717, 1.165) is 6.07 Å². The lowest BCUT2D eigenvalue weighted by Crippen LogP contribution is -2.23. The molecule has 3 aromatic rings. The average molecular weight is 378 g/mol. The number of nitro benzene ring substituents is 1. The van der Waals surface area contributed by atoms with E-state index < -0.39 is 20.8 Å². The molecule has 1 heterocycles. The highest BCUT2D eigenvalue weighted by molar-refractivity contribution is 7.89. The maximum Gasteiger partial charge on any atom is 0.270 e. The van der Waals surface area contributed by atoms with Crippen LogP contribution in [0.1, 0.15) is 5.89 Å². The first kappa shape index (κ1) is 17.6. The van der Waals surface area contributed by atoms with Crippen LogP contribution in [0.4, 0.5) is 10.1 Å². The molecule has 0 amide bonds. The Morgan fingerprint density at radius 1 is 1.15 bits per heavy atom. The van der Waals surface area contributed by atoms with Crippen LogP contribution >= 0.6 is 0 Å². The minimum atomic E-state index is -4.01. The van der Waals surface area contributed by atoms with Gasteiger partial charge in [0.1, 0.15) is 5.82 Å². The zero-order chi connectivity index (χ0) is 18.7. The Balaban J connectivity index is 1.73. The molecule has 1 N–H and O–H groups in total. The van der Waals surface area contributed by atoms with E-state index in [4.69, 9.17) is 4.42 Å². The molecule has 1 aromatic heterocycles. The number of hydrogen-bond donors (Lipinski definition) is 1. The topological polar surface area (TPSA) is 128 Å². The fourth-order valence-corrected chi connectivity index (χ4v) is 3.05. The van der Waals surface area contributed by atoms with Crippen LogP contribution in [-0.4, -0.2) is 23.5 Å². The molecule has 134 valence electrons. The summed E-state index contributed by atoms with van der Waals surface area (Å²) in [6.45, 7) is -0.306. The zero-order valence-electron chi connectivity index (χ0n) is 13.0. The normalized spacial score (nSPS) is 11.4. The molecule has 26 heavy (non-hydrogen) atoms. The minimum absolute atomic E-state index is 0.0154. The van der Waals surface area contributed by atoms with Crippen molar-refractivity contribution >= 4 is 15.7 Å². The third-order valence-corrected chi connectivity index (χ3v) is 4.71. The smallest absolute Gasteiger partial charge is 0.270 e. The van der Waals surface area contributed by atoms with Gasteiger partial charge in [-0.05, 0) is 30.3 Å². The molecule has 3 rings (SSSR count). The lowest BCUT2D eigenvalue weighted by atomic mass is 10.2. The Hall–Kier alpha value is -3.18. The molecule has 0 aliphatic rings. The van der Waals surface area contributed by atoms with Crippen molar-refractivity contribution in [2.75, 3.05) is 0 Å². The van der Waals surface area contributed by atoms with Gasteiger partial charge in [-0.3, -0.25) is 10.1 Å². The van der Waals surface area contributed by atoms with Crippen LogP contribution in [0.25, 0.3) is 11.5 Å². The van der Waals surface area contributed by atoms with Crippen LogP contribution in [0, 0.1) is 15.9 Å². The van der Waals surface area contributed by atoms with Crippen LogP contribution in [0.15, 0.2) is 57.8 Å². The number of nitro groups is 1. The number of hydrogen-bond acceptors (Lipinski definition) is 7. The Kier molecular flexibility index (Phi) is 4.73. The fourth-order valence-electron chi connectivity index (χ4n) is 2.04. The summed E-state index contributed by atoms with van der Waals surface area (Å²) < 4.78 is 44.9. The van der Waals surface area contributed by atoms with Gasteiger partial charge < -0.3 is 4.42 Å². The van der Waals surface area contributed by atoms with E-state index in [2.05, 4.69) is 14.9 Å². The van der Waals surface area contributed by atoms with Crippen molar-refractivity contribution in [2.24, 2.45) is 0 Å². The van der Waals surface area contributed by atoms with Gasteiger partial charge in [0.2, 0.25) is 21.8 Å². The van der Waals surface area contributed by atoms with E-state index in [-0.39, 0.29) is 28.9 Å². The predicted octanol–water partition coefficient (Wildman–Crippen LogP) is 2.26. The van der Waals surface area contributed by atoms with Gasteiger partial charge in [0, 0.05) is 17.7 Å². The van der Waals surface area contributed by atoms with Gasteiger partial charge in [0.15, 0.2) is 0 Å². The van der Waals surface area contributed by atoms with Gasteiger partial charge in [-0.25, -0.2) is 17.5 Å². The van der Waals surface area contributed by atoms with Gasteiger partial charge in [-0.15, -0.1) is 10.2 Å². The zero-order valence-corrected chi connectivity index (χ0v) is 13.8. The molecule has 0 radical (unpaired) electrons. The number of nitrogens with one attached hydrogen (secondary N) is 1. The molecule has 0 saturated heterocycles. The van der Waals surface area contributed by atoms with E-state index in [0.29, 0.717) is 5.56 Å². The maximum absolute atomic E-state index is 12.9. The first-order chi connectivity index (χ1) is 12.3. The summed E-state index contributed by atoms with van der Waals surface area (Å²) in [7, 11) is -4.01. The van der Waals surface area contributed by atoms with Crippen LogP contribution in [0.3, 0.4) is 0 Å². The van der Waals surface area contributed by atoms with Crippen molar-refractivity contribution < 1.29 is 22.1 Å². The van der Waals surface area contributed by atoms with E-state index in [1.807, 2.05) is 0 Å². The first-order valence-corrected chi connectivity index (χ1v) is 8.66. The third-order valence-electron chi connectivity index (χ3n) is 3.31. The van der Waals surface area contributed by atoms with Gasteiger partial charge >= 0.3 is 0 Å².